The van der Waals surface area contributed by atoms with Crippen molar-refractivity contribution in [1.82, 2.24) is 0 Å². The molecule has 0 atom stereocenters. The Bertz CT molecular complexity index is 1050. The Morgan fingerprint density at radius 2 is 0.967 bits per heavy atom. The summed E-state index contributed by atoms with van der Waals surface area (Å²) in [4.78, 5) is 25.4. The fourth-order valence-electron chi connectivity index (χ4n) is 3.16. The van der Waals surface area contributed by atoms with E-state index in [0.29, 0.717) is 0 Å². The highest BCUT2D eigenvalue weighted by Crippen LogP contribution is 2.47. The lowest BCUT2D eigenvalue weighted by Gasteiger charge is -2.21. The van der Waals surface area contributed by atoms with Crippen LogP contribution in [0.1, 0.15) is 31.8 Å². The normalized spacial score (nSPS) is 12.6. The number of ether oxygens (including phenoxy) is 2. The minimum absolute atomic E-state index is 0.0332. The summed E-state index contributed by atoms with van der Waals surface area (Å²) in [6.45, 7) is 0.331. The fourth-order valence-corrected chi connectivity index (χ4v) is 3.63. The molecule has 0 aromatic heterocycles. The van der Waals surface area contributed by atoms with Crippen LogP contribution in [0.15, 0.2) is 72.8 Å². The van der Waals surface area contributed by atoms with E-state index in [1.165, 1.54) is 12.2 Å². The molecule has 0 radical (unpaired) electrons. The molecule has 1 aliphatic carbocycles. The summed E-state index contributed by atoms with van der Waals surface area (Å²) in [5.74, 6) is -0.628. The molecule has 4 rings (SSSR count). The molecule has 0 saturated heterocycles. The van der Waals surface area contributed by atoms with E-state index in [1.807, 2.05) is 60.7 Å². The van der Waals surface area contributed by atoms with Crippen LogP contribution in [0.4, 0.5) is 0 Å². The second-order valence-corrected chi connectivity index (χ2v) is 7.40. The van der Waals surface area contributed by atoms with Gasteiger partial charge in [0, 0.05) is 0 Å². The number of carbonyl (C=O) groups excluding carboxylic acids is 2. The number of hydrogen-bond donors (Lipinski definition) is 0. The third-order valence-electron chi connectivity index (χ3n) is 4.63. The molecule has 0 amide bonds. The van der Waals surface area contributed by atoms with Crippen LogP contribution >= 0.6 is 23.2 Å². The zero-order valence-corrected chi connectivity index (χ0v) is 17.2. The van der Waals surface area contributed by atoms with Gasteiger partial charge in [-0.3, -0.25) is 9.59 Å². The zero-order valence-electron chi connectivity index (χ0n) is 15.7. The van der Waals surface area contributed by atoms with Crippen molar-refractivity contribution in [3.63, 3.8) is 0 Å². The first-order chi connectivity index (χ1) is 14.6. The van der Waals surface area contributed by atoms with Gasteiger partial charge >= 0.3 is 0 Å². The molecular formula is C24H16Cl2O4. The minimum Gasteiger partial charge on any atom is -0.486 e. The summed E-state index contributed by atoms with van der Waals surface area (Å²) in [6, 6.07) is 18.8. The number of halogens is 2. The standard InChI is InChI=1S/C24H16Cl2O4/c25-21-22(26)24(30-14-16-9-5-2-6-10-16)20-18(28)12-11-17(27)19(20)23(21)29-13-15-7-3-1-4-8-15/h1-12H,13-14H2. The van der Waals surface area contributed by atoms with Gasteiger partial charge in [-0.1, -0.05) is 83.9 Å². The van der Waals surface area contributed by atoms with Crippen LogP contribution in [0.25, 0.3) is 0 Å². The van der Waals surface area contributed by atoms with E-state index < -0.39 is 11.6 Å². The van der Waals surface area contributed by atoms with Gasteiger partial charge in [-0.15, -0.1) is 0 Å². The van der Waals surface area contributed by atoms with E-state index in [1.54, 1.807) is 0 Å². The molecule has 6 heteroatoms. The highest BCUT2D eigenvalue weighted by Gasteiger charge is 2.33. The van der Waals surface area contributed by atoms with E-state index in [9.17, 15) is 9.59 Å². The summed E-state index contributed by atoms with van der Waals surface area (Å²) in [7, 11) is 0. The molecule has 4 nitrogen and oxygen atoms in total. The summed E-state index contributed by atoms with van der Waals surface area (Å²) in [6.07, 6.45) is 2.40. The van der Waals surface area contributed by atoms with Gasteiger partial charge in [0.05, 0.1) is 11.1 Å². The van der Waals surface area contributed by atoms with Crippen LogP contribution in [0.5, 0.6) is 11.5 Å². The van der Waals surface area contributed by atoms with Gasteiger partial charge in [-0.05, 0) is 23.3 Å². The van der Waals surface area contributed by atoms with Gasteiger partial charge in [0.25, 0.3) is 0 Å². The summed E-state index contributed by atoms with van der Waals surface area (Å²) in [5, 5.41) is 0.0664. The Labute approximate surface area is 183 Å². The van der Waals surface area contributed by atoms with Crippen molar-refractivity contribution < 1.29 is 19.1 Å². The van der Waals surface area contributed by atoms with Gasteiger partial charge in [-0.25, -0.2) is 0 Å². The molecule has 3 aromatic rings. The molecule has 0 unspecified atom stereocenters. The van der Waals surface area contributed by atoms with E-state index in [4.69, 9.17) is 32.7 Å². The number of hydrogen-bond acceptors (Lipinski definition) is 4. The Hall–Kier alpha value is -3.08. The third kappa shape index (κ3) is 3.97. The molecule has 150 valence electrons. The molecule has 3 aromatic carbocycles. The summed E-state index contributed by atoms with van der Waals surface area (Å²) < 4.78 is 11.7. The third-order valence-corrected chi connectivity index (χ3v) is 5.44. The van der Waals surface area contributed by atoms with Crippen molar-refractivity contribution >= 4 is 34.8 Å². The predicted molar refractivity (Wildman–Crippen MR) is 116 cm³/mol. The van der Waals surface area contributed by atoms with Crippen molar-refractivity contribution in [2.75, 3.05) is 0 Å². The van der Waals surface area contributed by atoms with Gasteiger partial charge in [0.1, 0.15) is 23.3 Å². The van der Waals surface area contributed by atoms with Crippen LogP contribution in [0, 0.1) is 0 Å². The molecule has 0 aliphatic heterocycles. The first kappa shape index (κ1) is 20.2. The predicted octanol–water partition coefficient (Wildman–Crippen LogP) is 6.09. The molecule has 0 spiro atoms. The molecule has 30 heavy (non-hydrogen) atoms. The zero-order chi connectivity index (χ0) is 21.1. The lowest BCUT2D eigenvalue weighted by Crippen LogP contribution is -2.17. The second-order valence-electron chi connectivity index (χ2n) is 6.65. The largest absolute Gasteiger partial charge is 0.486 e. The number of fused-ring (bicyclic) bond motifs is 1. The molecule has 0 N–H and O–H groups in total. The molecule has 0 saturated carbocycles. The number of rotatable bonds is 6. The Balaban J connectivity index is 1.75. The number of carbonyl (C=O) groups is 2. The van der Waals surface area contributed by atoms with Gasteiger partial charge < -0.3 is 9.47 Å². The molecule has 1 aliphatic rings. The van der Waals surface area contributed by atoms with Gasteiger partial charge in [0.2, 0.25) is 0 Å². The SMILES string of the molecule is O=C1C=CC(=O)c2c(OCc3ccccc3)c(Cl)c(Cl)c(OCc3ccccc3)c21. The molecular weight excluding hydrogens is 423 g/mol. The highest BCUT2D eigenvalue weighted by molar-refractivity contribution is 6.45. The maximum Gasteiger partial charge on any atom is 0.190 e. The quantitative estimate of drug-likeness (QED) is 0.467. The lowest BCUT2D eigenvalue weighted by atomic mass is 9.92. The number of ketones is 2. The van der Waals surface area contributed by atoms with Crippen molar-refractivity contribution in [2.45, 2.75) is 13.2 Å². The van der Waals surface area contributed by atoms with E-state index in [2.05, 4.69) is 0 Å². The maximum atomic E-state index is 12.7. The molecule has 0 bridgehead atoms. The smallest absolute Gasteiger partial charge is 0.190 e. The van der Waals surface area contributed by atoms with Gasteiger partial charge in [-0.2, -0.15) is 0 Å². The number of benzene rings is 3. The maximum absolute atomic E-state index is 12.7. The van der Waals surface area contributed by atoms with Crippen LogP contribution in [-0.4, -0.2) is 11.6 Å². The Kier molecular flexibility index (Phi) is 5.88. The second kappa shape index (κ2) is 8.74. The van der Waals surface area contributed by atoms with Crippen molar-refractivity contribution in [3.8, 4) is 11.5 Å². The van der Waals surface area contributed by atoms with Crippen LogP contribution in [0.3, 0.4) is 0 Å². The van der Waals surface area contributed by atoms with Crippen LogP contribution < -0.4 is 9.47 Å². The first-order valence-electron chi connectivity index (χ1n) is 9.21. The van der Waals surface area contributed by atoms with E-state index >= 15 is 0 Å². The lowest BCUT2D eigenvalue weighted by molar-refractivity contribution is 0.0986. The highest BCUT2D eigenvalue weighted by atomic mass is 35.5. The summed E-state index contributed by atoms with van der Waals surface area (Å²) in [5.41, 5.74) is 1.90. The molecule has 0 heterocycles. The Morgan fingerprint density at radius 3 is 1.33 bits per heavy atom. The van der Waals surface area contributed by atoms with E-state index in [0.717, 1.165) is 11.1 Å². The summed E-state index contributed by atoms with van der Waals surface area (Å²) >= 11 is 12.9. The van der Waals surface area contributed by atoms with Crippen molar-refractivity contribution in [2.24, 2.45) is 0 Å². The van der Waals surface area contributed by atoms with Crippen molar-refractivity contribution in [3.05, 3.63) is 105 Å². The monoisotopic (exact) mass is 438 g/mol. The Morgan fingerprint density at radius 1 is 0.600 bits per heavy atom. The minimum atomic E-state index is -0.393. The first-order valence-corrected chi connectivity index (χ1v) is 9.97. The van der Waals surface area contributed by atoms with Crippen LogP contribution in [0.2, 0.25) is 10.0 Å². The van der Waals surface area contributed by atoms with Crippen molar-refractivity contribution in [1.29, 1.82) is 0 Å². The molecule has 0 fully saturated rings. The topological polar surface area (TPSA) is 52.6 Å². The average Bonchev–Trinajstić information content (AvgIpc) is 2.77. The van der Waals surface area contributed by atoms with Gasteiger partial charge in [0.15, 0.2) is 23.1 Å². The fraction of sp³-hybridized carbons (Fsp3) is 0.0833. The van der Waals surface area contributed by atoms with Crippen LogP contribution in [-0.2, 0) is 13.2 Å². The average molecular weight is 439 g/mol. The van der Waals surface area contributed by atoms with E-state index in [-0.39, 0.29) is 45.9 Å². The number of allylic oxidation sites excluding steroid dienone is 2.